The Balaban J connectivity index is 1.63. The third-order valence-corrected chi connectivity index (χ3v) is 3.05. The highest BCUT2D eigenvalue weighted by Crippen LogP contribution is 2.00. The molecule has 0 bridgehead atoms. The SMILES string of the molecule is C[C@H](CN1CCOCC1)NC(=O)NCc1ccoc1. The van der Waals surface area contributed by atoms with Crippen molar-refractivity contribution in [2.75, 3.05) is 32.8 Å². The smallest absolute Gasteiger partial charge is 0.315 e. The van der Waals surface area contributed by atoms with Gasteiger partial charge in [0, 0.05) is 37.8 Å². The number of morpholine rings is 1. The lowest BCUT2D eigenvalue weighted by molar-refractivity contribution is 0.0349. The van der Waals surface area contributed by atoms with Crippen molar-refractivity contribution in [1.82, 2.24) is 15.5 Å². The number of carbonyl (C=O) groups is 1. The molecule has 1 aliphatic rings. The molecule has 0 spiro atoms. The molecule has 19 heavy (non-hydrogen) atoms. The second-order valence-corrected chi connectivity index (χ2v) is 4.77. The first-order valence-electron chi connectivity index (χ1n) is 6.59. The second-order valence-electron chi connectivity index (χ2n) is 4.77. The van der Waals surface area contributed by atoms with Gasteiger partial charge in [-0.25, -0.2) is 4.79 Å². The van der Waals surface area contributed by atoms with Crippen LogP contribution in [-0.2, 0) is 11.3 Å². The summed E-state index contributed by atoms with van der Waals surface area (Å²) >= 11 is 0. The molecule has 2 N–H and O–H groups in total. The van der Waals surface area contributed by atoms with E-state index in [1.165, 1.54) is 0 Å². The Kier molecular flexibility index (Phi) is 5.23. The van der Waals surface area contributed by atoms with E-state index in [0.29, 0.717) is 6.54 Å². The fourth-order valence-corrected chi connectivity index (χ4v) is 2.07. The van der Waals surface area contributed by atoms with E-state index in [1.807, 2.05) is 13.0 Å². The van der Waals surface area contributed by atoms with Crippen molar-refractivity contribution in [3.63, 3.8) is 0 Å². The molecule has 0 radical (unpaired) electrons. The molecule has 0 aromatic carbocycles. The fraction of sp³-hybridized carbons (Fsp3) is 0.615. The normalized spacial score (nSPS) is 17.9. The van der Waals surface area contributed by atoms with Crippen molar-refractivity contribution in [2.45, 2.75) is 19.5 Å². The number of nitrogens with zero attached hydrogens (tertiary/aromatic N) is 1. The molecule has 1 saturated heterocycles. The van der Waals surface area contributed by atoms with Crippen LogP contribution in [0.1, 0.15) is 12.5 Å². The van der Waals surface area contributed by atoms with Gasteiger partial charge in [0.15, 0.2) is 0 Å². The summed E-state index contributed by atoms with van der Waals surface area (Å²) < 4.78 is 10.2. The van der Waals surface area contributed by atoms with E-state index < -0.39 is 0 Å². The van der Waals surface area contributed by atoms with Crippen LogP contribution >= 0.6 is 0 Å². The Morgan fingerprint density at radius 3 is 2.95 bits per heavy atom. The molecule has 6 heteroatoms. The highest BCUT2D eigenvalue weighted by molar-refractivity contribution is 5.74. The van der Waals surface area contributed by atoms with Crippen LogP contribution in [0.25, 0.3) is 0 Å². The standard InChI is InChI=1S/C13H21N3O3/c1-11(9-16-3-6-18-7-4-16)15-13(17)14-8-12-2-5-19-10-12/h2,5,10-11H,3-4,6-9H2,1H3,(H2,14,15,17)/t11-/m1/s1. The third-order valence-electron chi connectivity index (χ3n) is 3.05. The maximum Gasteiger partial charge on any atom is 0.315 e. The van der Waals surface area contributed by atoms with Crippen LogP contribution in [0, 0.1) is 0 Å². The quantitative estimate of drug-likeness (QED) is 0.828. The first-order valence-corrected chi connectivity index (χ1v) is 6.59. The van der Waals surface area contributed by atoms with Gasteiger partial charge in [-0.05, 0) is 13.0 Å². The summed E-state index contributed by atoms with van der Waals surface area (Å²) in [6, 6.07) is 1.79. The molecule has 1 atom stereocenters. The van der Waals surface area contributed by atoms with E-state index in [0.717, 1.165) is 38.4 Å². The van der Waals surface area contributed by atoms with Gasteiger partial charge in [-0.2, -0.15) is 0 Å². The zero-order valence-electron chi connectivity index (χ0n) is 11.2. The Morgan fingerprint density at radius 2 is 2.26 bits per heavy atom. The molecule has 1 fully saturated rings. The summed E-state index contributed by atoms with van der Waals surface area (Å²) in [6.07, 6.45) is 3.22. The van der Waals surface area contributed by atoms with Crippen molar-refractivity contribution in [2.24, 2.45) is 0 Å². The van der Waals surface area contributed by atoms with Gasteiger partial charge in [0.1, 0.15) is 0 Å². The maximum absolute atomic E-state index is 11.7. The Hall–Kier alpha value is -1.53. The minimum Gasteiger partial charge on any atom is -0.472 e. The van der Waals surface area contributed by atoms with Crippen molar-refractivity contribution in [3.05, 3.63) is 24.2 Å². The van der Waals surface area contributed by atoms with Gasteiger partial charge in [-0.15, -0.1) is 0 Å². The summed E-state index contributed by atoms with van der Waals surface area (Å²) in [5.41, 5.74) is 0.955. The predicted molar refractivity (Wildman–Crippen MR) is 70.8 cm³/mol. The first-order chi connectivity index (χ1) is 9.24. The Labute approximate surface area is 113 Å². The van der Waals surface area contributed by atoms with E-state index in [2.05, 4.69) is 15.5 Å². The molecule has 1 aromatic heterocycles. The maximum atomic E-state index is 11.7. The van der Waals surface area contributed by atoms with Crippen LogP contribution in [0.3, 0.4) is 0 Å². The summed E-state index contributed by atoms with van der Waals surface area (Å²) in [4.78, 5) is 14.0. The average molecular weight is 267 g/mol. The molecule has 0 aliphatic carbocycles. The van der Waals surface area contributed by atoms with Gasteiger partial charge in [-0.3, -0.25) is 4.90 Å². The van der Waals surface area contributed by atoms with E-state index >= 15 is 0 Å². The lowest BCUT2D eigenvalue weighted by Crippen LogP contribution is -2.48. The number of urea groups is 1. The summed E-state index contributed by atoms with van der Waals surface area (Å²) in [6.45, 7) is 6.76. The lowest BCUT2D eigenvalue weighted by Gasteiger charge is -2.29. The number of furan rings is 1. The first kappa shape index (κ1) is 13.9. The molecule has 1 aromatic rings. The number of hydrogen-bond donors (Lipinski definition) is 2. The summed E-state index contributed by atoms with van der Waals surface area (Å²) in [5.74, 6) is 0. The van der Waals surface area contributed by atoms with Crippen molar-refractivity contribution in [3.8, 4) is 0 Å². The highest BCUT2D eigenvalue weighted by Gasteiger charge is 2.14. The lowest BCUT2D eigenvalue weighted by atomic mass is 10.3. The summed E-state index contributed by atoms with van der Waals surface area (Å²) in [7, 11) is 0. The van der Waals surface area contributed by atoms with E-state index in [9.17, 15) is 4.79 Å². The number of amides is 2. The largest absolute Gasteiger partial charge is 0.472 e. The topological polar surface area (TPSA) is 66.7 Å². The van der Waals surface area contributed by atoms with Crippen LogP contribution in [-0.4, -0.2) is 49.8 Å². The van der Waals surface area contributed by atoms with Gasteiger partial charge >= 0.3 is 6.03 Å². The average Bonchev–Trinajstić information content (AvgIpc) is 2.90. The molecule has 0 unspecified atom stereocenters. The number of nitrogens with one attached hydrogen (secondary N) is 2. The van der Waals surface area contributed by atoms with Gasteiger partial charge in [0.25, 0.3) is 0 Å². The van der Waals surface area contributed by atoms with Crippen LogP contribution in [0.5, 0.6) is 0 Å². The molecular weight excluding hydrogens is 246 g/mol. The third kappa shape index (κ3) is 4.92. The molecule has 106 valence electrons. The minimum atomic E-state index is -0.151. The van der Waals surface area contributed by atoms with Gasteiger partial charge < -0.3 is 19.8 Å². The second kappa shape index (κ2) is 7.16. The van der Waals surface area contributed by atoms with E-state index in [1.54, 1.807) is 12.5 Å². The number of ether oxygens (including phenoxy) is 1. The number of rotatable bonds is 5. The van der Waals surface area contributed by atoms with Crippen LogP contribution < -0.4 is 10.6 Å². The summed E-state index contributed by atoms with van der Waals surface area (Å²) in [5, 5.41) is 5.73. The van der Waals surface area contributed by atoms with Crippen molar-refractivity contribution in [1.29, 1.82) is 0 Å². The molecule has 2 rings (SSSR count). The molecule has 2 heterocycles. The molecule has 0 saturated carbocycles. The van der Waals surface area contributed by atoms with E-state index in [4.69, 9.17) is 9.15 Å². The van der Waals surface area contributed by atoms with Crippen LogP contribution in [0.15, 0.2) is 23.0 Å². The Morgan fingerprint density at radius 1 is 1.47 bits per heavy atom. The molecular formula is C13H21N3O3. The van der Waals surface area contributed by atoms with Crippen molar-refractivity contribution < 1.29 is 13.9 Å². The predicted octanol–water partition coefficient (Wildman–Crippen LogP) is 0.800. The van der Waals surface area contributed by atoms with Gasteiger partial charge in [0.2, 0.25) is 0 Å². The minimum absolute atomic E-state index is 0.113. The van der Waals surface area contributed by atoms with Crippen molar-refractivity contribution >= 4 is 6.03 Å². The zero-order chi connectivity index (χ0) is 13.5. The van der Waals surface area contributed by atoms with Gasteiger partial charge in [0.05, 0.1) is 25.7 Å². The molecule has 1 aliphatic heterocycles. The molecule has 6 nitrogen and oxygen atoms in total. The zero-order valence-corrected chi connectivity index (χ0v) is 11.2. The van der Waals surface area contributed by atoms with Crippen LogP contribution in [0.4, 0.5) is 4.79 Å². The molecule has 2 amide bonds. The number of hydrogen-bond acceptors (Lipinski definition) is 4. The monoisotopic (exact) mass is 267 g/mol. The Bertz CT molecular complexity index is 374. The fourth-order valence-electron chi connectivity index (χ4n) is 2.07. The highest BCUT2D eigenvalue weighted by atomic mass is 16.5. The van der Waals surface area contributed by atoms with Gasteiger partial charge in [-0.1, -0.05) is 0 Å². The van der Waals surface area contributed by atoms with E-state index in [-0.39, 0.29) is 12.1 Å². The van der Waals surface area contributed by atoms with Crippen LogP contribution in [0.2, 0.25) is 0 Å². The number of carbonyl (C=O) groups excluding carboxylic acids is 1.